The summed E-state index contributed by atoms with van der Waals surface area (Å²) in [5, 5.41) is 9.65. The van der Waals surface area contributed by atoms with E-state index < -0.39 is 0 Å². The van der Waals surface area contributed by atoms with E-state index >= 15 is 0 Å². The summed E-state index contributed by atoms with van der Waals surface area (Å²) in [6.07, 6.45) is 4.28. The lowest BCUT2D eigenvalue weighted by Gasteiger charge is -2.10. The number of methoxy groups -OCH3 is 1. The van der Waals surface area contributed by atoms with Gasteiger partial charge in [0.25, 0.3) is 0 Å². The predicted octanol–water partition coefficient (Wildman–Crippen LogP) is 5.01. The van der Waals surface area contributed by atoms with E-state index in [1.165, 1.54) is 0 Å². The van der Waals surface area contributed by atoms with Gasteiger partial charge in [-0.3, -0.25) is 0 Å². The molecule has 2 aromatic rings. The van der Waals surface area contributed by atoms with Crippen molar-refractivity contribution in [3.8, 4) is 22.9 Å². The maximum Gasteiger partial charge on any atom is 0.147 e. The van der Waals surface area contributed by atoms with Gasteiger partial charge < -0.3 is 4.74 Å². The molecule has 0 amide bonds. The number of rotatable bonds is 6. The highest BCUT2D eigenvalue weighted by molar-refractivity contribution is 6.31. The molecule has 0 aliphatic rings. The molecule has 0 unspecified atom stereocenters. The van der Waals surface area contributed by atoms with Gasteiger partial charge in [-0.05, 0) is 36.6 Å². The minimum absolute atomic E-state index is 0.280. The molecule has 114 valence electrons. The van der Waals surface area contributed by atoms with Gasteiger partial charge in [0.1, 0.15) is 17.0 Å². The Hall–Kier alpha value is -2.05. The number of unbranched alkanes of at least 4 members (excludes halogenated alkanes) is 2. The number of hydrogen-bond donors (Lipinski definition) is 0. The average molecular weight is 315 g/mol. The lowest BCUT2D eigenvalue weighted by Crippen LogP contribution is -1.97. The standard InChI is InChI=1S/C18H19ClN2O/c1-3-4-5-6-14-11-16(17(12-20)18(19)21-14)13-7-9-15(22-2)10-8-13/h7-11H,3-6H2,1-2H3. The lowest BCUT2D eigenvalue weighted by molar-refractivity contribution is 0.415. The molecular weight excluding hydrogens is 296 g/mol. The van der Waals surface area contributed by atoms with Crippen LogP contribution in [0.25, 0.3) is 11.1 Å². The molecule has 0 aliphatic carbocycles. The van der Waals surface area contributed by atoms with E-state index in [1.807, 2.05) is 30.3 Å². The Bertz CT molecular complexity index is 675. The zero-order valence-corrected chi connectivity index (χ0v) is 13.7. The summed E-state index contributed by atoms with van der Waals surface area (Å²) in [5.74, 6) is 0.783. The number of nitrogens with zero attached hydrogens (tertiary/aromatic N) is 2. The molecule has 0 spiro atoms. The van der Waals surface area contributed by atoms with Gasteiger partial charge in [-0.1, -0.05) is 43.5 Å². The Labute approximate surface area is 136 Å². The van der Waals surface area contributed by atoms with Crippen molar-refractivity contribution in [2.24, 2.45) is 0 Å². The fourth-order valence-corrected chi connectivity index (χ4v) is 2.61. The smallest absolute Gasteiger partial charge is 0.147 e. The Morgan fingerprint density at radius 3 is 2.55 bits per heavy atom. The largest absolute Gasteiger partial charge is 0.497 e. The van der Waals surface area contributed by atoms with Crippen LogP contribution in [0.4, 0.5) is 0 Å². The van der Waals surface area contributed by atoms with Crippen LogP contribution in [0.3, 0.4) is 0 Å². The van der Waals surface area contributed by atoms with Crippen molar-refractivity contribution in [2.45, 2.75) is 32.6 Å². The van der Waals surface area contributed by atoms with Gasteiger partial charge in [0.05, 0.1) is 12.7 Å². The van der Waals surface area contributed by atoms with Crippen molar-refractivity contribution in [1.82, 2.24) is 4.98 Å². The molecule has 0 fully saturated rings. The molecule has 0 radical (unpaired) electrons. The third kappa shape index (κ3) is 3.78. The molecule has 0 saturated heterocycles. The topological polar surface area (TPSA) is 45.9 Å². The summed E-state index contributed by atoms with van der Waals surface area (Å²) in [7, 11) is 1.63. The molecule has 1 heterocycles. The third-order valence-corrected chi connectivity index (χ3v) is 3.85. The van der Waals surface area contributed by atoms with Crippen molar-refractivity contribution in [1.29, 1.82) is 5.26 Å². The van der Waals surface area contributed by atoms with E-state index in [0.29, 0.717) is 5.56 Å². The summed E-state index contributed by atoms with van der Waals surface area (Å²) in [6.45, 7) is 2.17. The van der Waals surface area contributed by atoms with Crippen LogP contribution >= 0.6 is 11.6 Å². The van der Waals surface area contributed by atoms with E-state index in [9.17, 15) is 5.26 Å². The Balaban J connectivity index is 2.40. The van der Waals surface area contributed by atoms with Crippen LogP contribution in [0.2, 0.25) is 5.15 Å². The minimum atomic E-state index is 0.280. The van der Waals surface area contributed by atoms with Crippen LogP contribution < -0.4 is 4.74 Å². The fraction of sp³-hybridized carbons (Fsp3) is 0.333. The highest BCUT2D eigenvalue weighted by Crippen LogP contribution is 2.30. The molecule has 2 rings (SSSR count). The van der Waals surface area contributed by atoms with Gasteiger partial charge in [-0.15, -0.1) is 0 Å². The first-order valence-corrected chi connectivity index (χ1v) is 7.81. The number of aromatic nitrogens is 1. The molecule has 0 saturated carbocycles. The SMILES string of the molecule is CCCCCc1cc(-c2ccc(OC)cc2)c(C#N)c(Cl)n1. The first kappa shape index (κ1) is 16.3. The quantitative estimate of drug-likeness (QED) is 0.556. The second-order valence-electron chi connectivity index (χ2n) is 5.12. The molecule has 3 nitrogen and oxygen atoms in total. The van der Waals surface area contributed by atoms with E-state index in [0.717, 1.165) is 48.3 Å². The highest BCUT2D eigenvalue weighted by Gasteiger charge is 2.13. The second-order valence-corrected chi connectivity index (χ2v) is 5.48. The Morgan fingerprint density at radius 1 is 1.23 bits per heavy atom. The summed E-state index contributed by atoms with van der Waals surface area (Å²) >= 11 is 6.20. The van der Waals surface area contributed by atoms with Crippen molar-refractivity contribution in [2.75, 3.05) is 7.11 Å². The van der Waals surface area contributed by atoms with Gasteiger partial charge in [0.2, 0.25) is 0 Å². The monoisotopic (exact) mass is 314 g/mol. The van der Waals surface area contributed by atoms with Crippen molar-refractivity contribution >= 4 is 11.6 Å². The molecule has 0 N–H and O–H groups in total. The van der Waals surface area contributed by atoms with Gasteiger partial charge >= 0.3 is 0 Å². The predicted molar refractivity (Wildman–Crippen MR) is 89.2 cm³/mol. The van der Waals surface area contributed by atoms with Gasteiger partial charge in [-0.2, -0.15) is 5.26 Å². The maximum absolute atomic E-state index is 9.37. The number of aryl methyl sites for hydroxylation is 1. The molecule has 1 aromatic heterocycles. The van der Waals surface area contributed by atoms with E-state index in [2.05, 4.69) is 18.0 Å². The van der Waals surface area contributed by atoms with E-state index in [-0.39, 0.29) is 5.15 Å². The minimum Gasteiger partial charge on any atom is -0.497 e. The maximum atomic E-state index is 9.37. The van der Waals surface area contributed by atoms with Crippen molar-refractivity contribution < 1.29 is 4.74 Å². The van der Waals surface area contributed by atoms with Gasteiger partial charge in [-0.25, -0.2) is 4.98 Å². The van der Waals surface area contributed by atoms with Crippen molar-refractivity contribution in [3.63, 3.8) is 0 Å². The zero-order valence-electron chi connectivity index (χ0n) is 12.9. The summed E-state index contributed by atoms with van der Waals surface area (Å²) < 4.78 is 5.17. The number of nitriles is 1. The second kappa shape index (κ2) is 7.82. The Morgan fingerprint density at radius 2 is 1.95 bits per heavy atom. The number of ether oxygens (including phenoxy) is 1. The first-order valence-electron chi connectivity index (χ1n) is 7.43. The average Bonchev–Trinajstić information content (AvgIpc) is 2.55. The molecule has 1 aromatic carbocycles. The van der Waals surface area contributed by atoms with Crippen LogP contribution in [-0.2, 0) is 6.42 Å². The molecule has 0 bridgehead atoms. The Kier molecular flexibility index (Phi) is 5.80. The van der Waals surface area contributed by atoms with E-state index in [1.54, 1.807) is 7.11 Å². The first-order chi connectivity index (χ1) is 10.7. The number of benzene rings is 1. The zero-order chi connectivity index (χ0) is 15.9. The lowest BCUT2D eigenvalue weighted by atomic mass is 9.99. The van der Waals surface area contributed by atoms with Crippen LogP contribution in [-0.4, -0.2) is 12.1 Å². The van der Waals surface area contributed by atoms with Crippen LogP contribution in [0, 0.1) is 11.3 Å². The van der Waals surface area contributed by atoms with Crippen LogP contribution in [0.15, 0.2) is 30.3 Å². The van der Waals surface area contributed by atoms with Crippen molar-refractivity contribution in [3.05, 3.63) is 46.7 Å². The summed E-state index contributed by atoms with van der Waals surface area (Å²) in [6, 6.07) is 11.8. The summed E-state index contributed by atoms with van der Waals surface area (Å²) in [4.78, 5) is 4.35. The summed E-state index contributed by atoms with van der Waals surface area (Å²) in [5.41, 5.74) is 3.13. The highest BCUT2D eigenvalue weighted by atomic mass is 35.5. The van der Waals surface area contributed by atoms with Gasteiger partial charge in [0.15, 0.2) is 0 Å². The molecule has 22 heavy (non-hydrogen) atoms. The number of hydrogen-bond acceptors (Lipinski definition) is 3. The normalized spacial score (nSPS) is 10.3. The molecular formula is C18H19ClN2O. The molecule has 4 heteroatoms. The van der Waals surface area contributed by atoms with Crippen LogP contribution in [0.1, 0.15) is 37.4 Å². The number of halogens is 1. The van der Waals surface area contributed by atoms with E-state index in [4.69, 9.17) is 16.3 Å². The van der Waals surface area contributed by atoms with Crippen LogP contribution in [0.5, 0.6) is 5.75 Å². The number of pyridine rings is 1. The molecule has 0 aliphatic heterocycles. The fourth-order valence-electron chi connectivity index (χ4n) is 2.35. The van der Waals surface area contributed by atoms with Gasteiger partial charge in [0, 0.05) is 11.3 Å². The molecule has 0 atom stereocenters. The third-order valence-electron chi connectivity index (χ3n) is 3.58.